The van der Waals surface area contributed by atoms with E-state index in [2.05, 4.69) is 16.7 Å². The highest BCUT2D eigenvalue weighted by molar-refractivity contribution is 5.88. The minimum Gasteiger partial charge on any atom is -1.00 e. The first kappa shape index (κ1) is 26.3. The fraction of sp³-hybridized carbons (Fsp3) is 0.320. The number of pyridine rings is 1. The van der Waals surface area contributed by atoms with E-state index < -0.39 is 37.3 Å². The number of ether oxygens (including phenoxy) is 3. The maximum Gasteiger partial charge on any atom is 0.229 e. The average molecular weight is 581 g/mol. The Balaban J connectivity index is 0.00000324. The van der Waals surface area contributed by atoms with Crippen molar-refractivity contribution < 1.29 is 63.2 Å². The van der Waals surface area contributed by atoms with Gasteiger partial charge in [0.25, 0.3) is 0 Å². The van der Waals surface area contributed by atoms with Gasteiger partial charge >= 0.3 is 0 Å². The molecule has 1 aliphatic rings. The fourth-order valence-electron chi connectivity index (χ4n) is 3.89. The van der Waals surface area contributed by atoms with Crippen LogP contribution < -0.4 is 38.0 Å². The Morgan fingerprint density at radius 3 is 2.47 bits per heavy atom. The Morgan fingerprint density at radius 2 is 1.74 bits per heavy atom. The number of halogens is 1. The van der Waals surface area contributed by atoms with E-state index in [4.69, 9.17) is 14.2 Å². The third-order valence-corrected chi connectivity index (χ3v) is 5.81. The number of rotatable bonds is 6. The second-order valence-electron chi connectivity index (χ2n) is 7.96. The van der Waals surface area contributed by atoms with Crippen molar-refractivity contribution >= 4 is 23.1 Å². The van der Waals surface area contributed by atoms with Gasteiger partial charge < -0.3 is 58.6 Å². The Hall–Kier alpha value is -2.28. The largest absolute Gasteiger partial charge is 1.00 e. The monoisotopic (exact) mass is 581 g/mol. The summed E-state index contributed by atoms with van der Waals surface area (Å²) < 4.78 is 18.7. The summed E-state index contributed by atoms with van der Waals surface area (Å²) in [5.41, 5.74) is 3.06. The summed E-state index contributed by atoms with van der Waals surface area (Å²) in [4.78, 5) is 0. The van der Waals surface area contributed by atoms with E-state index in [0.29, 0.717) is 5.75 Å². The third kappa shape index (κ3) is 5.35. The summed E-state index contributed by atoms with van der Waals surface area (Å²) >= 11 is 0. The highest BCUT2D eigenvalue weighted by Crippen LogP contribution is 2.32. The molecule has 4 N–H and O–H groups in total. The van der Waals surface area contributed by atoms with E-state index in [1.165, 1.54) is 7.11 Å². The average Bonchev–Trinajstić information content (AvgIpc) is 2.84. The van der Waals surface area contributed by atoms with Gasteiger partial charge in [-0.1, -0.05) is 30.4 Å². The van der Waals surface area contributed by atoms with Crippen LogP contribution in [0.1, 0.15) is 11.1 Å². The lowest BCUT2D eigenvalue weighted by molar-refractivity contribution is -0.644. The molecule has 0 bridgehead atoms. The predicted octanol–water partition coefficient (Wildman–Crippen LogP) is -1.97. The number of aryl methyl sites for hydroxylation is 1. The van der Waals surface area contributed by atoms with E-state index in [9.17, 15) is 20.4 Å². The van der Waals surface area contributed by atoms with E-state index >= 15 is 0 Å². The van der Waals surface area contributed by atoms with Crippen molar-refractivity contribution in [2.24, 2.45) is 7.05 Å². The number of fused-ring (bicyclic) bond motifs is 1. The molecule has 0 aliphatic carbocycles. The zero-order valence-electron chi connectivity index (χ0n) is 18.8. The van der Waals surface area contributed by atoms with Crippen molar-refractivity contribution in [3.8, 4) is 11.5 Å². The van der Waals surface area contributed by atoms with E-state index in [1.54, 1.807) is 12.1 Å². The maximum absolute atomic E-state index is 10.2. The zero-order valence-corrected chi connectivity index (χ0v) is 20.9. The molecule has 1 aromatic heterocycles. The number of aliphatic hydroxyl groups is 4. The van der Waals surface area contributed by atoms with E-state index in [1.807, 2.05) is 49.7 Å². The Kier molecular flexibility index (Phi) is 8.85. The number of aliphatic hydroxyl groups excluding tert-OH is 4. The Bertz CT molecular complexity index is 1150. The lowest BCUT2D eigenvalue weighted by Crippen LogP contribution is -3.00. The van der Waals surface area contributed by atoms with Gasteiger partial charge in [0.1, 0.15) is 31.5 Å². The summed E-state index contributed by atoms with van der Waals surface area (Å²) in [5.74, 6) is 0.689. The van der Waals surface area contributed by atoms with Gasteiger partial charge in [-0.3, -0.25) is 0 Å². The van der Waals surface area contributed by atoms with Crippen LogP contribution in [0.15, 0.2) is 54.7 Å². The number of hydrogen-bond donors (Lipinski definition) is 4. The molecule has 8 nitrogen and oxygen atoms in total. The standard InChI is InChI=1S/C25H28NO7.HI/c1-26-12-11-16(17-5-3-4-6-18(17)26)9-7-15-8-10-19(20(13-15)31-2)32-25-24(30)23(29)22(28)21(14-27)33-25;/h3-13,21-25,27-30H,14H2,1-2H3;1H/q+1;/p-1/t21-,22+,23+,24-,25-;/m1./s1. The number of aromatic nitrogens is 1. The van der Waals surface area contributed by atoms with Crippen LogP contribution in [0, 0.1) is 0 Å². The number of hydrogen-bond acceptors (Lipinski definition) is 7. The van der Waals surface area contributed by atoms with Gasteiger partial charge in [0.05, 0.1) is 19.1 Å². The van der Waals surface area contributed by atoms with Crippen molar-refractivity contribution in [2.45, 2.75) is 30.7 Å². The van der Waals surface area contributed by atoms with Gasteiger partial charge in [-0.25, -0.2) is 4.57 Å². The topological polar surface area (TPSA) is 112 Å². The minimum absolute atomic E-state index is 0. The molecule has 1 fully saturated rings. The normalized spacial score (nSPS) is 24.7. The first-order chi connectivity index (χ1) is 15.9. The van der Waals surface area contributed by atoms with Gasteiger partial charge in [0.2, 0.25) is 11.8 Å². The highest BCUT2D eigenvalue weighted by atomic mass is 127. The summed E-state index contributed by atoms with van der Waals surface area (Å²) in [6.45, 7) is -0.530. The molecule has 2 aromatic carbocycles. The molecule has 9 heteroatoms. The molecule has 3 aromatic rings. The number of para-hydroxylation sites is 1. The molecule has 34 heavy (non-hydrogen) atoms. The molecule has 182 valence electrons. The number of nitrogens with zero attached hydrogens (tertiary/aromatic N) is 1. The van der Waals surface area contributed by atoms with Crippen LogP contribution in [0.4, 0.5) is 0 Å². The predicted molar refractivity (Wildman–Crippen MR) is 121 cm³/mol. The molecule has 0 spiro atoms. The first-order valence-corrected chi connectivity index (χ1v) is 10.6. The van der Waals surface area contributed by atoms with Crippen molar-refractivity contribution in [2.75, 3.05) is 13.7 Å². The zero-order chi connectivity index (χ0) is 23.5. The Morgan fingerprint density at radius 1 is 0.971 bits per heavy atom. The van der Waals surface area contributed by atoms with Crippen LogP contribution in [0.5, 0.6) is 11.5 Å². The molecule has 0 unspecified atom stereocenters. The smallest absolute Gasteiger partial charge is 0.229 e. The molecule has 2 heterocycles. The molecule has 0 radical (unpaired) electrons. The van der Waals surface area contributed by atoms with Crippen LogP contribution in [-0.4, -0.2) is 64.8 Å². The molecule has 0 amide bonds. The van der Waals surface area contributed by atoms with Gasteiger partial charge in [0, 0.05) is 12.1 Å². The summed E-state index contributed by atoms with van der Waals surface area (Å²) in [7, 11) is 3.50. The lowest BCUT2D eigenvalue weighted by atomic mass is 9.99. The van der Waals surface area contributed by atoms with Gasteiger partial charge in [-0.05, 0) is 29.3 Å². The number of benzene rings is 2. The first-order valence-electron chi connectivity index (χ1n) is 10.6. The quantitative estimate of drug-likeness (QED) is 0.198. The molecule has 4 rings (SSSR count). The molecule has 1 saturated heterocycles. The summed E-state index contributed by atoms with van der Waals surface area (Å²) in [5, 5.41) is 40.6. The summed E-state index contributed by atoms with van der Waals surface area (Å²) in [6, 6.07) is 15.5. The highest BCUT2D eigenvalue weighted by Gasteiger charge is 2.44. The molecular weight excluding hydrogens is 553 g/mol. The van der Waals surface area contributed by atoms with Crippen molar-refractivity contribution in [1.82, 2.24) is 0 Å². The van der Waals surface area contributed by atoms with Crippen LogP contribution in [-0.2, 0) is 11.8 Å². The van der Waals surface area contributed by atoms with Crippen LogP contribution in [0.25, 0.3) is 23.1 Å². The fourth-order valence-corrected chi connectivity index (χ4v) is 3.89. The van der Waals surface area contributed by atoms with Gasteiger partial charge in [-0.2, -0.15) is 0 Å². The van der Waals surface area contributed by atoms with E-state index in [0.717, 1.165) is 22.0 Å². The maximum atomic E-state index is 10.2. The molecular formula is C25H28INO7. The SMILES string of the molecule is COc1cc(C=Cc2cc[n+](C)c3ccccc23)ccc1O[C@@H]1O[C@H](CO)[C@H](O)[C@H](O)[C@H]1O.[I-]. The summed E-state index contributed by atoms with van der Waals surface area (Å²) in [6.07, 6.45) is -0.805. The Labute approximate surface area is 214 Å². The third-order valence-electron chi connectivity index (χ3n) is 5.81. The lowest BCUT2D eigenvalue weighted by Gasteiger charge is -2.39. The van der Waals surface area contributed by atoms with Crippen molar-refractivity contribution in [3.05, 3.63) is 65.9 Å². The van der Waals surface area contributed by atoms with Gasteiger partial charge in [-0.15, -0.1) is 0 Å². The second kappa shape index (κ2) is 11.4. The molecule has 5 atom stereocenters. The van der Waals surface area contributed by atoms with Crippen LogP contribution in [0.3, 0.4) is 0 Å². The van der Waals surface area contributed by atoms with Crippen molar-refractivity contribution in [1.29, 1.82) is 0 Å². The van der Waals surface area contributed by atoms with Crippen LogP contribution >= 0.6 is 0 Å². The van der Waals surface area contributed by atoms with Crippen molar-refractivity contribution in [3.63, 3.8) is 0 Å². The van der Waals surface area contributed by atoms with Gasteiger partial charge in [0.15, 0.2) is 17.7 Å². The van der Waals surface area contributed by atoms with E-state index in [-0.39, 0.29) is 29.7 Å². The molecule has 0 saturated carbocycles. The second-order valence-corrected chi connectivity index (χ2v) is 7.96. The van der Waals surface area contributed by atoms with Crippen LogP contribution in [0.2, 0.25) is 0 Å². The minimum atomic E-state index is -1.52. The number of methoxy groups -OCH3 is 1. The molecule has 1 aliphatic heterocycles.